The van der Waals surface area contributed by atoms with Crippen LogP contribution in [0.15, 0.2) is 453 Å². The lowest BCUT2D eigenvalue weighted by Gasteiger charge is -2.09. The Labute approximate surface area is 762 Å². The van der Waals surface area contributed by atoms with E-state index >= 15 is 0 Å². The Kier molecular flexibility index (Phi) is 20.2. The molecule has 0 radical (unpaired) electrons. The number of fused-ring (bicyclic) bond motifs is 21. The largest absolute Gasteiger partial charge is 0.456 e. The molecule has 0 aliphatic heterocycles. The Morgan fingerprint density at radius 1 is 0.174 bits per heavy atom. The summed E-state index contributed by atoms with van der Waals surface area (Å²) in [7, 11) is 2.14. The predicted molar refractivity (Wildman–Crippen MR) is 554 cm³/mol. The van der Waals surface area contributed by atoms with Gasteiger partial charge in [0.1, 0.15) is 17.0 Å². The molecule has 19 aromatic carbocycles. The van der Waals surface area contributed by atoms with Crippen molar-refractivity contribution in [1.29, 1.82) is 0 Å². The highest BCUT2D eigenvalue weighted by Crippen LogP contribution is 2.43. The van der Waals surface area contributed by atoms with Crippen LogP contribution in [0.25, 0.3) is 215 Å². The minimum Gasteiger partial charge on any atom is -0.456 e. The number of para-hydroxylation sites is 11. The molecule has 0 saturated heterocycles. The van der Waals surface area contributed by atoms with Gasteiger partial charge in [0.05, 0.1) is 55.2 Å². The lowest BCUT2D eigenvalue weighted by molar-refractivity contribution is 0.669. The average Bonchev–Trinajstić information content (AvgIpc) is 1.52. The Morgan fingerprint density at radius 2 is 0.470 bits per heavy atom. The van der Waals surface area contributed by atoms with E-state index in [1.807, 2.05) is 67.6 Å². The lowest BCUT2D eigenvalue weighted by atomic mass is 10.0. The molecule has 0 aliphatic rings. The van der Waals surface area contributed by atoms with Crippen molar-refractivity contribution in [3.8, 4) is 62.3 Å². The minimum absolute atomic E-state index is 0.652. The first kappa shape index (κ1) is 79.4. The summed E-state index contributed by atoms with van der Waals surface area (Å²) in [6.07, 6.45) is 0. The number of benzene rings is 19. The summed E-state index contributed by atoms with van der Waals surface area (Å²) in [6, 6.07) is 159. The smallest absolute Gasteiger partial charge is 0.163 e. The summed E-state index contributed by atoms with van der Waals surface area (Å²) in [5.41, 5.74) is 30.9. The molecule has 628 valence electrons. The van der Waals surface area contributed by atoms with Gasteiger partial charge in [0.2, 0.25) is 0 Å². The third-order valence-corrected chi connectivity index (χ3v) is 25.8. The quantitative estimate of drug-likeness (QED) is 0.152. The number of rotatable bonds is 8. The molecule has 8 aromatic heterocycles. The normalized spacial score (nSPS) is 11.5. The lowest BCUT2D eigenvalue weighted by Crippen LogP contribution is -1.99. The topological polar surface area (TPSA) is 81.4 Å². The molecule has 10 nitrogen and oxygen atoms in total. The van der Waals surface area contributed by atoms with Crippen molar-refractivity contribution in [2.24, 2.45) is 7.05 Å². The van der Waals surface area contributed by atoms with E-state index in [2.05, 4.69) is 458 Å². The summed E-state index contributed by atoms with van der Waals surface area (Å²) in [5.74, 6) is 2.02. The maximum Gasteiger partial charge on any atom is 0.163 e. The summed E-state index contributed by atoms with van der Waals surface area (Å²) in [6.45, 7) is 8.34. The monoisotopic (exact) mass is 1700 g/mol. The summed E-state index contributed by atoms with van der Waals surface area (Å²) >= 11 is 0. The van der Waals surface area contributed by atoms with Gasteiger partial charge < -0.3 is 31.8 Å². The second-order valence-electron chi connectivity index (χ2n) is 34.1. The third-order valence-electron chi connectivity index (χ3n) is 25.8. The molecule has 0 N–H and O–H groups in total. The fourth-order valence-electron chi connectivity index (χ4n) is 19.8. The first-order valence-corrected chi connectivity index (χ1v) is 45.0. The van der Waals surface area contributed by atoms with Gasteiger partial charge >= 0.3 is 0 Å². The Balaban J connectivity index is 0.0000000958. The Hall–Kier alpha value is -17.2. The zero-order valence-corrected chi connectivity index (χ0v) is 73.7. The first-order valence-electron chi connectivity index (χ1n) is 45.0. The number of hydrogen-bond acceptors (Lipinski definition) is 4. The van der Waals surface area contributed by atoms with Crippen LogP contribution < -0.4 is 0 Å². The van der Waals surface area contributed by atoms with Gasteiger partial charge in [0, 0.05) is 133 Å². The number of hydrogen-bond donors (Lipinski definition) is 0. The van der Waals surface area contributed by atoms with Gasteiger partial charge in [-0.1, -0.05) is 284 Å². The molecule has 8 heterocycles. The van der Waals surface area contributed by atoms with E-state index in [4.69, 9.17) is 4.42 Å². The van der Waals surface area contributed by atoms with Crippen LogP contribution in [0.1, 0.15) is 22.5 Å². The zero-order valence-electron chi connectivity index (χ0n) is 73.7. The van der Waals surface area contributed by atoms with Crippen molar-refractivity contribution in [2.45, 2.75) is 27.7 Å². The number of aromatic nitrogens is 9. The third kappa shape index (κ3) is 14.2. The molecule has 27 aromatic rings. The van der Waals surface area contributed by atoms with Crippen LogP contribution in [-0.4, -0.2) is 42.4 Å². The number of furan rings is 1. The number of aryl methyl sites for hydroxylation is 5. The highest BCUT2D eigenvalue weighted by molar-refractivity contribution is 6.16. The minimum atomic E-state index is 0.652. The van der Waals surface area contributed by atoms with Crippen molar-refractivity contribution in [3.05, 3.63) is 471 Å². The summed E-state index contributed by atoms with van der Waals surface area (Å²) in [5, 5.41) is 17.8. The molecule has 10 heteroatoms. The fourth-order valence-corrected chi connectivity index (χ4v) is 19.8. The van der Waals surface area contributed by atoms with Crippen LogP contribution in [0, 0.1) is 27.7 Å². The van der Waals surface area contributed by atoms with Crippen LogP contribution in [0.5, 0.6) is 0 Å². The van der Waals surface area contributed by atoms with Gasteiger partial charge in [0.25, 0.3) is 0 Å². The molecule has 27 rings (SSSR count). The van der Waals surface area contributed by atoms with Crippen molar-refractivity contribution in [3.63, 3.8) is 0 Å². The maximum absolute atomic E-state index is 5.99. The molecule has 0 atom stereocenters. The van der Waals surface area contributed by atoms with E-state index in [0.29, 0.717) is 17.5 Å². The van der Waals surface area contributed by atoms with Crippen LogP contribution in [-0.2, 0) is 7.05 Å². The maximum atomic E-state index is 5.99. The van der Waals surface area contributed by atoms with Gasteiger partial charge in [-0.3, -0.25) is 0 Å². The van der Waals surface area contributed by atoms with Crippen molar-refractivity contribution >= 4 is 153 Å². The molecule has 0 fully saturated rings. The molecule has 0 spiro atoms. The van der Waals surface area contributed by atoms with E-state index in [1.54, 1.807) is 0 Å². The Bertz CT molecular complexity index is 8990. The van der Waals surface area contributed by atoms with Gasteiger partial charge in [0.15, 0.2) is 11.6 Å². The highest BCUT2D eigenvalue weighted by Gasteiger charge is 2.21. The van der Waals surface area contributed by atoms with E-state index < -0.39 is 0 Å². The highest BCUT2D eigenvalue weighted by atomic mass is 16.3. The van der Waals surface area contributed by atoms with Crippen molar-refractivity contribution in [1.82, 2.24) is 42.4 Å². The molecule has 0 unspecified atom stereocenters. The molecule has 0 bridgehead atoms. The molecule has 0 aliphatic carbocycles. The van der Waals surface area contributed by atoms with E-state index in [-0.39, 0.29) is 0 Å². The average molecular weight is 1700 g/mol. The van der Waals surface area contributed by atoms with E-state index in [1.165, 1.54) is 187 Å². The molecule has 0 amide bonds. The van der Waals surface area contributed by atoms with Gasteiger partial charge in [-0.2, -0.15) is 0 Å². The standard InChI is InChI=1S/C37H26N2.C25H18N2.C22H15N3O.2C19H15N/c1-25-16-19-35-31(22-25)33-24-27(18-21-37(33)39(35)29-12-6-3-7-13-29)26-17-20-36-32(23-26)30-14-8-9-15-34(30)38(36)28-10-4-2-5-11-28;1-26-22-11-5-2-10-20(22)21-16-17(14-15-23(21)26)27-24-12-6-3-8-18(24)19-9-4-7-13-25(19)27;1-14-23-21(15-7-3-2-4-8-15)25-22(24-14)16-11-12-18-17-9-5-6-10-19(17)26-20(18)13-16;1-14-7-6-8-15(13-14)20-18-11-4-2-9-16(18)17-10-3-5-12-19(17)20;1-14-11-12-19-17(13-14)16-9-5-6-10-18(16)20(19)15-7-3-2-4-8-15/h2-24H,1H3;2-16H,1H3;2-13H,1H3;2*2-13H,1H3. The SMILES string of the molecule is Cc1ccc2c(c1)c1cc(-c3ccc4c(c3)c3ccccc3n4-c3ccccc3)ccc1n2-c1ccccc1.Cc1ccc2c(c1)c1ccccc1n2-c1ccccc1.Cc1cccc(-n2c3ccccc3c3ccccc32)c1.Cc1nc(-c2ccccc2)nc(-c2ccc3c(c2)oc2ccccc23)n1.Cn1c2ccccc2c2cc(-n3c4ccccc4c4ccccc43)ccc21. The second-order valence-corrected chi connectivity index (χ2v) is 34.1. The van der Waals surface area contributed by atoms with Crippen LogP contribution >= 0.6 is 0 Å². The first-order chi connectivity index (χ1) is 65.0. The van der Waals surface area contributed by atoms with E-state index in [0.717, 1.165) is 33.1 Å². The fraction of sp³-hybridized carbons (Fsp3) is 0.0410. The molecular formula is C122H89N9O. The summed E-state index contributed by atoms with van der Waals surface area (Å²) < 4.78 is 20.1. The van der Waals surface area contributed by atoms with Crippen LogP contribution in [0.4, 0.5) is 0 Å². The zero-order chi connectivity index (χ0) is 88.4. The number of nitrogens with zero attached hydrogens (tertiary/aromatic N) is 9. The van der Waals surface area contributed by atoms with Crippen molar-refractivity contribution < 1.29 is 4.42 Å². The van der Waals surface area contributed by atoms with E-state index in [9.17, 15) is 0 Å². The molecule has 0 saturated carbocycles. The van der Waals surface area contributed by atoms with Gasteiger partial charge in [-0.25, -0.2) is 15.0 Å². The second kappa shape index (κ2) is 33.5. The van der Waals surface area contributed by atoms with Gasteiger partial charge in [-0.15, -0.1) is 0 Å². The predicted octanol–water partition coefficient (Wildman–Crippen LogP) is 31.9. The molecule has 132 heavy (non-hydrogen) atoms. The van der Waals surface area contributed by atoms with Crippen LogP contribution in [0.2, 0.25) is 0 Å². The van der Waals surface area contributed by atoms with Crippen molar-refractivity contribution in [2.75, 3.05) is 0 Å². The van der Waals surface area contributed by atoms with Gasteiger partial charge in [-0.05, 0) is 220 Å². The van der Waals surface area contributed by atoms with Crippen LogP contribution in [0.3, 0.4) is 0 Å². The Morgan fingerprint density at radius 3 is 0.932 bits per heavy atom. The summed E-state index contributed by atoms with van der Waals surface area (Å²) in [4.78, 5) is 13.7. The molecular weight excluding hydrogens is 1610 g/mol.